The van der Waals surface area contributed by atoms with Crippen LogP contribution in [0, 0.1) is 0 Å². The van der Waals surface area contributed by atoms with Crippen molar-refractivity contribution in [2.45, 2.75) is 6.42 Å². The second-order valence-electron chi connectivity index (χ2n) is 2.34. The van der Waals surface area contributed by atoms with Gasteiger partial charge in [0.05, 0.1) is 0 Å². The van der Waals surface area contributed by atoms with Crippen LogP contribution in [0.15, 0.2) is 25.3 Å². The molecule has 0 aromatic heterocycles. The van der Waals surface area contributed by atoms with Gasteiger partial charge in [-0.25, -0.2) is 0 Å². The van der Waals surface area contributed by atoms with Crippen molar-refractivity contribution in [3.63, 3.8) is 0 Å². The van der Waals surface area contributed by atoms with Crippen molar-refractivity contribution < 1.29 is 0 Å². The molecule has 80 valence electrons. The summed E-state index contributed by atoms with van der Waals surface area (Å²) < 4.78 is 0. The second kappa shape index (κ2) is 17.9. The molecule has 0 atom stereocenters. The molecule has 0 aliphatic rings. The van der Waals surface area contributed by atoms with Crippen LogP contribution >= 0.6 is 24.8 Å². The Labute approximate surface area is 93.7 Å². The minimum atomic E-state index is 0. The predicted octanol–water partition coefficient (Wildman–Crippen LogP) is 1.77. The molecule has 0 saturated heterocycles. The summed E-state index contributed by atoms with van der Waals surface area (Å²) in [5.74, 6) is 0. The minimum absolute atomic E-state index is 0. The smallest absolute Gasteiger partial charge is 0.0132 e. The summed E-state index contributed by atoms with van der Waals surface area (Å²) in [6.45, 7) is 11.1. The Morgan fingerprint density at radius 1 is 0.846 bits per heavy atom. The first-order valence-corrected chi connectivity index (χ1v) is 4.05. The molecule has 0 aromatic rings. The highest BCUT2D eigenvalue weighted by Gasteiger charge is 1.84. The molecule has 0 amide bonds. The van der Waals surface area contributed by atoms with Crippen molar-refractivity contribution in [2.75, 3.05) is 26.2 Å². The number of halogens is 2. The summed E-state index contributed by atoms with van der Waals surface area (Å²) in [6, 6.07) is 0. The summed E-state index contributed by atoms with van der Waals surface area (Å²) >= 11 is 0. The van der Waals surface area contributed by atoms with E-state index < -0.39 is 0 Å². The molecule has 0 heterocycles. The van der Waals surface area contributed by atoms with Crippen molar-refractivity contribution >= 4 is 24.8 Å². The first-order valence-electron chi connectivity index (χ1n) is 4.05. The summed E-state index contributed by atoms with van der Waals surface area (Å²) in [5.41, 5.74) is 0. The van der Waals surface area contributed by atoms with Crippen LogP contribution < -0.4 is 10.6 Å². The summed E-state index contributed by atoms with van der Waals surface area (Å²) in [4.78, 5) is 0. The fourth-order valence-corrected chi connectivity index (χ4v) is 0.747. The number of rotatable bonds is 8. The maximum Gasteiger partial charge on any atom is 0.0132 e. The monoisotopic (exact) mass is 226 g/mol. The Morgan fingerprint density at radius 3 is 1.54 bits per heavy atom. The van der Waals surface area contributed by atoms with Crippen molar-refractivity contribution in [3.8, 4) is 0 Å². The second-order valence-corrected chi connectivity index (χ2v) is 2.34. The predicted molar refractivity (Wildman–Crippen MR) is 65.2 cm³/mol. The molecular weight excluding hydrogens is 207 g/mol. The van der Waals surface area contributed by atoms with Gasteiger partial charge in [0.25, 0.3) is 0 Å². The number of nitrogens with one attached hydrogen (secondary N) is 2. The Balaban J connectivity index is -0.000000500. The van der Waals surface area contributed by atoms with Gasteiger partial charge in [-0.3, -0.25) is 0 Å². The van der Waals surface area contributed by atoms with Crippen molar-refractivity contribution in [2.24, 2.45) is 0 Å². The lowest BCUT2D eigenvalue weighted by molar-refractivity contribution is 0.640. The van der Waals surface area contributed by atoms with Gasteiger partial charge in [-0.2, -0.15) is 0 Å². The van der Waals surface area contributed by atoms with Crippen LogP contribution in [0.2, 0.25) is 0 Å². The zero-order valence-electron chi connectivity index (χ0n) is 7.92. The van der Waals surface area contributed by atoms with E-state index in [9.17, 15) is 0 Å². The third-order valence-electron chi connectivity index (χ3n) is 1.28. The van der Waals surface area contributed by atoms with E-state index in [1.54, 1.807) is 0 Å². The molecular formula is C9H20Cl2N2. The quantitative estimate of drug-likeness (QED) is 0.488. The zero-order valence-corrected chi connectivity index (χ0v) is 9.55. The van der Waals surface area contributed by atoms with Crippen LogP contribution in [-0.4, -0.2) is 26.2 Å². The molecule has 0 aliphatic carbocycles. The molecule has 2 N–H and O–H groups in total. The zero-order chi connectivity index (χ0) is 8.36. The van der Waals surface area contributed by atoms with E-state index in [-0.39, 0.29) is 24.8 Å². The van der Waals surface area contributed by atoms with Gasteiger partial charge < -0.3 is 10.6 Å². The molecule has 0 unspecified atom stereocenters. The maximum atomic E-state index is 3.62. The minimum Gasteiger partial charge on any atom is -0.313 e. The summed E-state index contributed by atoms with van der Waals surface area (Å²) in [6.07, 6.45) is 4.90. The van der Waals surface area contributed by atoms with E-state index in [1.165, 1.54) is 0 Å². The standard InChI is InChI=1S/C9H18N2.2ClH/c1-3-6-10-8-5-9-11-7-4-2;;/h3-4,10-11H,1-2,5-9H2;2*1H. The van der Waals surface area contributed by atoms with E-state index in [0.29, 0.717) is 0 Å². The van der Waals surface area contributed by atoms with E-state index in [4.69, 9.17) is 0 Å². The van der Waals surface area contributed by atoms with Gasteiger partial charge in [0, 0.05) is 13.1 Å². The van der Waals surface area contributed by atoms with E-state index >= 15 is 0 Å². The van der Waals surface area contributed by atoms with Crippen molar-refractivity contribution in [1.29, 1.82) is 0 Å². The Hall–Kier alpha value is -0.0200. The van der Waals surface area contributed by atoms with E-state index in [0.717, 1.165) is 32.6 Å². The summed E-state index contributed by atoms with van der Waals surface area (Å²) in [7, 11) is 0. The highest BCUT2D eigenvalue weighted by molar-refractivity contribution is 5.85. The molecule has 0 aliphatic heterocycles. The van der Waals surface area contributed by atoms with Gasteiger partial charge in [0.1, 0.15) is 0 Å². The van der Waals surface area contributed by atoms with Crippen LogP contribution in [0.25, 0.3) is 0 Å². The van der Waals surface area contributed by atoms with Crippen molar-refractivity contribution in [3.05, 3.63) is 25.3 Å². The van der Waals surface area contributed by atoms with Gasteiger partial charge in [0.15, 0.2) is 0 Å². The molecule has 0 rings (SSSR count). The number of hydrogen-bond acceptors (Lipinski definition) is 2. The van der Waals surface area contributed by atoms with E-state index in [2.05, 4.69) is 23.8 Å². The number of hydrogen-bond donors (Lipinski definition) is 2. The van der Waals surface area contributed by atoms with Crippen LogP contribution in [-0.2, 0) is 0 Å². The third-order valence-corrected chi connectivity index (χ3v) is 1.28. The highest BCUT2D eigenvalue weighted by Crippen LogP contribution is 1.72. The highest BCUT2D eigenvalue weighted by atomic mass is 35.5. The Bertz CT molecular complexity index is 95.8. The van der Waals surface area contributed by atoms with Gasteiger partial charge in [-0.05, 0) is 19.5 Å². The Kier molecular flexibility index (Phi) is 25.8. The van der Waals surface area contributed by atoms with Gasteiger partial charge in [-0.1, -0.05) is 12.2 Å². The van der Waals surface area contributed by atoms with Crippen LogP contribution in [0.3, 0.4) is 0 Å². The molecule has 0 radical (unpaired) electrons. The molecule has 0 saturated carbocycles. The molecule has 0 aromatic carbocycles. The maximum absolute atomic E-state index is 3.62. The van der Waals surface area contributed by atoms with Crippen LogP contribution in [0.1, 0.15) is 6.42 Å². The normalized spacial score (nSPS) is 8.00. The SMILES string of the molecule is C=CCNCCCNCC=C.Cl.Cl. The molecule has 0 fully saturated rings. The Morgan fingerprint density at radius 2 is 1.23 bits per heavy atom. The van der Waals surface area contributed by atoms with Crippen LogP contribution in [0.5, 0.6) is 0 Å². The van der Waals surface area contributed by atoms with Crippen LogP contribution in [0.4, 0.5) is 0 Å². The lowest BCUT2D eigenvalue weighted by atomic mass is 10.4. The average Bonchev–Trinajstić information content (AvgIpc) is 2.03. The summed E-state index contributed by atoms with van der Waals surface area (Å²) in [5, 5.41) is 6.46. The molecule has 0 bridgehead atoms. The van der Waals surface area contributed by atoms with Gasteiger partial charge in [-0.15, -0.1) is 38.0 Å². The van der Waals surface area contributed by atoms with Crippen molar-refractivity contribution in [1.82, 2.24) is 10.6 Å². The molecule has 0 spiro atoms. The fourth-order valence-electron chi connectivity index (χ4n) is 0.747. The van der Waals surface area contributed by atoms with Gasteiger partial charge >= 0.3 is 0 Å². The molecule has 4 heteroatoms. The van der Waals surface area contributed by atoms with E-state index in [1.807, 2.05) is 12.2 Å². The molecule has 2 nitrogen and oxygen atoms in total. The lowest BCUT2D eigenvalue weighted by Crippen LogP contribution is -2.21. The largest absolute Gasteiger partial charge is 0.313 e. The average molecular weight is 227 g/mol. The first-order chi connectivity index (χ1) is 5.41. The fraction of sp³-hybridized carbons (Fsp3) is 0.556. The lowest BCUT2D eigenvalue weighted by Gasteiger charge is -2.01. The first kappa shape index (κ1) is 18.7. The molecule has 13 heavy (non-hydrogen) atoms. The van der Waals surface area contributed by atoms with Gasteiger partial charge in [0.2, 0.25) is 0 Å². The third kappa shape index (κ3) is 18.7. The topological polar surface area (TPSA) is 24.1 Å².